The van der Waals surface area contributed by atoms with Gasteiger partial charge in [0.25, 0.3) is 0 Å². The minimum Gasteiger partial charge on any atom is -0.457 e. The predicted molar refractivity (Wildman–Crippen MR) is 224 cm³/mol. The summed E-state index contributed by atoms with van der Waals surface area (Å²) in [6, 6.07) is 48.3. The predicted octanol–water partition coefficient (Wildman–Crippen LogP) is 14.2. The Morgan fingerprint density at radius 1 is 0.500 bits per heavy atom. The normalized spacial score (nSPS) is 26.5. The van der Waals surface area contributed by atoms with E-state index in [2.05, 4.69) is 160 Å². The zero-order valence-electron chi connectivity index (χ0n) is 32.2. The van der Waals surface area contributed by atoms with Crippen molar-refractivity contribution in [3.05, 3.63) is 150 Å². The maximum atomic E-state index is 6.84. The number of hydrogen-bond acceptors (Lipinski definition) is 2. The van der Waals surface area contributed by atoms with E-state index in [0.29, 0.717) is 11.8 Å². The zero-order chi connectivity index (χ0) is 36.4. The summed E-state index contributed by atoms with van der Waals surface area (Å²) in [5.74, 6) is 5.22. The summed E-state index contributed by atoms with van der Waals surface area (Å²) in [7, 11) is 0. The van der Waals surface area contributed by atoms with E-state index in [9.17, 15) is 0 Å². The number of rotatable bonds is 4. The maximum absolute atomic E-state index is 6.84. The van der Waals surface area contributed by atoms with Crippen LogP contribution in [0.25, 0.3) is 21.9 Å². The molecule has 0 atom stereocenters. The number of benzene rings is 6. The summed E-state index contributed by atoms with van der Waals surface area (Å²) < 4.78 is 6.84. The topological polar surface area (TPSA) is 12.5 Å². The highest BCUT2D eigenvalue weighted by molar-refractivity contribution is 5.90. The molecule has 1 spiro atoms. The van der Waals surface area contributed by atoms with Crippen molar-refractivity contribution in [2.24, 2.45) is 23.7 Å². The molecule has 0 unspecified atom stereocenters. The molecule has 54 heavy (non-hydrogen) atoms. The summed E-state index contributed by atoms with van der Waals surface area (Å²) >= 11 is 0. The third-order valence-electron chi connectivity index (χ3n) is 14.9. The van der Waals surface area contributed by atoms with E-state index in [1.54, 1.807) is 0 Å². The van der Waals surface area contributed by atoms with Crippen molar-refractivity contribution in [3.8, 4) is 22.6 Å². The van der Waals surface area contributed by atoms with Gasteiger partial charge in [-0.1, -0.05) is 107 Å². The van der Waals surface area contributed by atoms with E-state index in [1.807, 2.05) is 0 Å². The number of fused-ring (bicyclic) bond motifs is 4. The molecular formula is C52H51NO. The Kier molecular flexibility index (Phi) is 7.00. The standard InChI is InChI=1S/C52H51NO/c1-50(2)24-25-51(3,4)49-43(12-9-14-45(49)50)36-17-19-40(20-18-36)53(41-21-16-35-10-5-6-11-37(35)31-41)42-22-23-48-46(32-42)52(44-13-7-8-15-47(44)54-48)38-27-33-26-34(29-38)30-39(52)28-33/h5-23,31-34,38-39H,24-30H2,1-4H3. The van der Waals surface area contributed by atoms with Crippen molar-refractivity contribution in [3.63, 3.8) is 0 Å². The van der Waals surface area contributed by atoms with Gasteiger partial charge >= 0.3 is 0 Å². The summed E-state index contributed by atoms with van der Waals surface area (Å²) in [6.45, 7) is 9.72. The Bertz CT molecular complexity index is 2420. The van der Waals surface area contributed by atoms with Crippen LogP contribution in [0.1, 0.15) is 94.9 Å². The van der Waals surface area contributed by atoms with Crippen LogP contribution in [0.15, 0.2) is 127 Å². The molecule has 0 saturated heterocycles. The molecule has 4 fully saturated rings. The first-order valence-corrected chi connectivity index (χ1v) is 20.6. The molecule has 4 saturated carbocycles. The van der Waals surface area contributed by atoms with Crippen molar-refractivity contribution < 1.29 is 4.74 Å². The van der Waals surface area contributed by atoms with Crippen molar-refractivity contribution in [1.29, 1.82) is 0 Å². The fourth-order valence-corrected chi connectivity index (χ4v) is 12.6. The molecule has 0 aromatic heterocycles. The monoisotopic (exact) mass is 705 g/mol. The second kappa shape index (κ2) is 11.6. The average Bonchev–Trinajstić information content (AvgIpc) is 3.18. The van der Waals surface area contributed by atoms with E-state index in [1.165, 1.54) is 106 Å². The molecule has 0 N–H and O–H groups in total. The Morgan fingerprint density at radius 2 is 1.11 bits per heavy atom. The molecule has 4 bridgehead atoms. The van der Waals surface area contributed by atoms with Crippen molar-refractivity contribution in [2.45, 2.75) is 88.9 Å². The lowest BCUT2D eigenvalue weighted by Crippen LogP contribution is -2.57. The van der Waals surface area contributed by atoms with E-state index in [0.717, 1.165) is 23.3 Å². The molecule has 2 nitrogen and oxygen atoms in total. The van der Waals surface area contributed by atoms with Crippen LogP contribution in [0.3, 0.4) is 0 Å². The van der Waals surface area contributed by atoms with Gasteiger partial charge in [0.05, 0.1) is 0 Å². The molecule has 1 heterocycles. The van der Waals surface area contributed by atoms with Crippen LogP contribution >= 0.6 is 0 Å². The van der Waals surface area contributed by atoms with Gasteiger partial charge in [0.2, 0.25) is 0 Å². The van der Waals surface area contributed by atoms with Gasteiger partial charge in [0.15, 0.2) is 0 Å². The van der Waals surface area contributed by atoms with Crippen LogP contribution in [0, 0.1) is 23.7 Å². The number of para-hydroxylation sites is 1. The fraction of sp³-hybridized carbons (Fsp3) is 0.346. The largest absolute Gasteiger partial charge is 0.457 e. The highest BCUT2D eigenvalue weighted by Crippen LogP contribution is 2.69. The summed E-state index contributed by atoms with van der Waals surface area (Å²) in [5.41, 5.74) is 12.4. The number of ether oxygens (including phenoxy) is 1. The number of nitrogens with zero attached hydrogens (tertiary/aromatic N) is 1. The number of anilines is 3. The van der Waals surface area contributed by atoms with Gasteiger partial charge in [-0.3, -0.25) is 0 Å². The SMILES string of the molecule is CC1(C)CCC(C)(C)c2c(-c3ccc(N(c4ccc5c(c4)C4(c6ccccc6O5)C5CC6CC(C5)CC4C6)c4ccc5ccccc5c4)cc3)cccc21. The molecule has 0 amide bonds. The summed E-state index contributed by atoms with van der Waals surface area (Å²) in [4.78, 5) is 2.49. The Morgan fingerprint density at radius 3 is 1.89 bits per heavy atom. The maximum Gasteiger partial charge on any atom is 0.131 e. The first kappa shape index (κ1) is 32.6. The van der Waals surface area contributed by atoms with Crippen LogP contribution in [0.5, 0.6) is 11.5 Å². The van der Waals surface area contributed by atoms with Crippen LogP contribution in [0.2, 0.25) is 0 Å². The Balaban J connectivity index is 1.08. The minimum absolute atomic E-state index is 0.000496. The van der Waals surface area contributed by atoms with Crippen LogP contribution < -0.4 is 9.64 Å². The Labute approximate surface area is 321 Å². The van der Waals surface area contributed by atoms with Crippen molar-refractivity contribution >= 4 is 27.8 Å². The second-order valence-corrected chi connectivity index (χ2v) is 18.9. The summed E-state index contributed by atoms with van der Waals surface area (Å²) in [5, 5.41) is 2.52. The van der Waals surface area contributed by atoms with Crippen LogP contribution in [0.4, 0.5) is 17.1 Å². The molecule has 6 aliphatic rings. The molecule has 270 valence electrons. The molecule has 0 radical (unpaired) electrons. The Hall–Kier alpha value is -4.82. The van der Waals surface area contributed by atoms with E-state index >= 15 is 0 Å². The van der Waals surface area contributed by atoms with E-state index in [4.69, 9.17) is 4.74 Å². The number of hydrogen-bond donors (Lipinski definition) is 0. The van der Waals surface area contributed by atoms with Crippen LogP contribution in [-0.2, 0) is 16.2 Å². The van der Waals surface area contributed by atoms with Crippen molar-refractivity contribution in [1.82, 2.24) is 0 Å². The second-order valence-electron chi connectivity index (χ2n) is 18.9. The fourth-order valence-electron chi connectivity index (χ4n) is 12.6. The highest BCUT2D eigenvalue weighted by Gasteiger charge is 2.61. The molecule has 5 aliphatic carbocycles. The molecule has 12 rings (SSSR count). The third kappa shape index (κ3) is 4.71. The quantitative estimate of drug-likeness (QED) is 0.181. The molecule has 6 aromatic carbocycles. The molecule has 6 aromatic rings. The van der Waals surface area contributed by atoms with Gasteiger partial charge in [0.1, 0.15) is 11.5 Å². The lowest BCUT2D eigenvalue weighted by Gasteiger charge is -2.63. The van der Waals surface area contributed by atoms with Gasteiger partial charge in [-0.05, 0) is 161 Å². The third-order valence-corrected chi connectivity index (χ3v) is 14.9. The van der Waals surface area contributed by atoms with Crippen LogP contribution in [-0.4, -0.2) is 0 Å². The van der Waals surface area contributed by atoms with Gasteiger partial charge in [-0.25, -0.2) is 0 Å². The van der Waals surface area contributed by atoms with Gasteiger partial charge in [-0.2, -0.15) is 0 Å². The van der Waals surface area contributed by atoms with Gasteiger partial charge < -0.3 is 9.64 Å². The zero-order valence-corrected chi connectivity index (χ0v) is 32.2. The van der Waals surface area contributed by atoms with E-state index in [-0.39, 0.29) is 16.2 Å². The van der Waals surface area contributed by atoms with Gasteiger partial charge in [0, 0.05) is 33.6 Å². The van der Waals surface area contributed by atoms with E-state index < -0.39 is 0 Å². The molecular weight excluding hydrogens is 655 g/mol. The molecule has 2 heteroatoms. The first-order valence-electron chi connectivity index (χ1n) is 20.6. The molecule has 1 aliphatic heterocycles. The highest BCUT2D eigenvalue weighted by atomic mass is 16.5. The average molecular weight is 706 g/mol. The first-order chi connectivity index (χ1) is 26.2. The van der Waals surface area contributed by atoms with Crippen molar-refractivity contribution in [2.75, 3.05) is 4.90 Å². The van der Waals surface area contributed by atoms with Gasteiger partial charge in [-0.15, -0.1) is 0 Å². The lowest BCUT2D eigenvalue weighted by molar-refractivity contribution is -0.0452. The lowest BCUT2D eigenvalue weighted by atomic mass is 9.42. The smallest absolute Gasteiger partial charge is 0.131 e. The minimum atomic E-state index is -0.000496. The summed E-state index contributed by atoms with van der Waals surface area (Å²) in [6.07, 6.45) is 9.25.